The molecular weight excluding hydrogens is 282 g/mol. The fourth-order valence-corrected chi connectivity index (χ4v) is 2.70. The number of esters is 1. The first-order valence-corrected chi connectivity index (χ1v) is 7.40. The summed E-state index contributed by atoms with van der Waals surface area (Å²) >= 11 is 0. The van der Waals surface area contributed by atoms with E-state index in [0.29, 0.717) is 12.0 Å². The highest BCUT2D eigenvalue weighted by Gasteiger charge is 2.27. The van der Waals surface area contributed by atoms with Crippen LogP contribution in [0.1, 0.15) is 47.8 Å². The first-order valence-electron chi connectivity index (χ1n) is 7.40. The Kier molecular flexibility index (Phi) is 4.44. The summed E-state index contributed by atoms with van der Waals surface area (Å²) in [6.45, 7) is 7.40. The molecule has 1 aromatic rings. The van der Waals surface area contributed by atoms with Crippen molar-refractivity contribution >= 4 is 12.1 Å². The summed E-state index contributed by atoms with van der Waals surface area (Å²) < 4.78 is 10.1. The summed E-state index contributed by atoms with van der Waals surface area (Å²) in [5.41, 5.74) is 3.20. The first-order chi connectivity index (χ1) is 10.2. The third-order valence-electron chi connectivity index (χ3n) is 3.61. The number of methoxy groups -OCH3 is 1. The van der Waals surface area contributed by atoms with E-state index in [1.165, 1.54) is 7.11 Å². The maximum atomic E-state index is 11.8. The molecule has 0 spiro atoms. The number of rotatable bonds is 2. The molecule has 1 aliphatic rings. The topological polar surface area (TPSA) is 64.6 Å². The lowest BCUT2D eigenvalue weighted by molar-refractivity contribution is 0.0505. The zero-order chi connectivity index (χ0) is 16.5. The molecule has 5 nitrogen and oxygen atoms in total. The number of nitrogens with one attached hydrogen (secondary N) is 1. The van der Waals surface area contributed by atoms with E-state index in [2.05, 4.69) is 5.32 Å². The quantitative estimate of drug-likeness (QED) is 0.853. The van der Waals surface area contributed by atoms with E-state index in [1.54, 1.807) is 0 Å². The van der Waals surface area contributed by atoms with Gasteiger partial charge in [0.1, 0.15) is 5.60 Å². The SMILES string of the molecule is COC(=O)c1cc2c(cc1C)CC(NC(=O)OC(C)(C)C)C2. The van der Waals surface area contributed by atoms with Crippen LogP contribution in [0.15, 0.2) is 12.1 Å². The third-order valence-corrected chi connectivity index (χ3v) is 3.61. The Morgan fingerprint density at radius 2 is 1.77 bits per heavy atom. The fraction of sp³-hybridized carbons (Fsp3) is 0.529. The first kappa shape index (κ1) is 16.3. The standard InChI is InChI=1S/C17H23NO4/c1-10-6-11-7-13(18-16(20)22-17(2,3)4)8-12(11)9-14(10)15(19)21-5/h6,9,13H,7-8H2,1-5H3,(H,18,20). The van der Waals surface area contributed by atoms with E-state index < -0.39 is 11.7 Å². The number of alkyl carbamates (subject to hydrolysis) is 1. The molecule has 5 heteroatoms. The minimum absolute atomic E-state index is 0.00264. The largest absolute Gasteiger partial charge is 0.465 e. The Hall–Kier alpha value is -2.04. The van der Waals surface area contributed by atoms with Gasteiger partial charge in [-0.15, -0.1) is 0 Å². The molecule has 2 rings (SSSR count). The van der Waals surface area contributed by atoms with Crippen LogP contribution < -0.4 is 5.32 Å². The van der Waals surface area contributed by atoms with Gasteiger partial charge in [0.2, 0.25) is 0 Å². The van der Waals surface area contributed by atoms with Crippen molar-refractivity contribution in [1.29, 1.82) is 0 Å². The van der Waals surface area contributed by atoms with E-state index in [0.717, 1.165) is 23.1 Å². The van der Waals surface area contributed by atoms with Gasteiger partial charge in [0.15, 0.2) is 0 Å². The van der Waals surface area contributed by atoms with Crippen molar-refractivity contribution in [2.24, 2.45) is 0 Å². The highest BCUT2D eigenvalue weighted by Crippen LogP contribution is 2.26. The normalized spacial score (nSPS) is 16.9. The van der Waals surface area contributed by atoms with Gasteiger partial charge in [-0.2, -0.15) is 0 Å². The predicted octanol–water partition coefficient (Wildman–Crippen LogP) is 2.77. The molecule has 22 heavy (non-hydrogen) atoms. The molecule has 0 radical (unpaired) electrons. The Bertz CT molecular complexity index is 601. The number of benzene rings is 1. The third kappa shape index (κ3) is 3.78. The van der Waals surface area contributed by atoms with Gasteiger partial charge in [0.25, 0.3) is 0 Å². The van der Waals surface area contributed by atoms with Crippen molar-refractivity contribution < 1.29 is 19.1 Å². The molecule has 0 saturated carbocycles. The molecule has 0 saturated heterocycles. The summed E-state index contributed by atoms with van der Waals surface area (Å²) in [5.74, 6) is -0.330. The molecule has 0 bridgehead atoms. The lowest BCUT2D eigenvalue weighted by Crippen LogP contribution is -2.39. The van der Waals surface area contributed by atoms with Crippen LogP contribution in [0.3, 0.4) is 0 Å². The molecule has 120 valence electrons. The van der Waals surface area contributed by atoms with E-state index in [4.69, 9.17) is 9.47 Å². The summed E-state index contributed by atoms with van der Waals surface area (Å²) in [7, 11) is 1.38. The van der Waals surface area contributed by atoms with Crippen LogP contribution in [0.2, 0.25) is 0 Å². The Balaban J connectivity index is 2.07. The minimum Gasteiger partial charge on any atom is -0.465 e. The number of ether oxygens (including phenoxy) is 2. The maximum absolute atomic E-state index is 11.8. The molecule has 0 heterocycles. The Morgan fingerprint density at radius 1 is 1.18 bits per heavy atom. The lowest BCUT2D eigenvalue weighted by atomic mass is 10.0. The van der Waals surface area contributed by atoms with Crippen LogP contribution in [-0.4, -0.2) is 30.8 Å². The molecule has 0 fully saturated rings. The average Bonchev–Trinajstić information content (AvgIpc) is 2.75. The monoisotopic (exact) mass is 305 g/mol. The van der Waals surface area contributed by atoms with Gasteiger partial charge in [0, 0.05) is 6.04 Å². The number of fused-ring (bicyclic) bond motifs is 1. The number of amides is 1. The highest BCUT2D eigenvalue weighted by molar-refractivity contribution is 5.91. The van der Waals surface area contributed by atoms with Crippen LogP contribution in [0.25, 0.3) is 0 Å². The minimum atomic E-state index is -0.510. The summed E-state index contributed by atoms with van der Waals surface area (Å²) in [4.78, 5) is 23.6. The molecule has 1 N–H and O–H groups in total. The van der Waals surface area contributed by atoms with Crippen molar-refractivity contribution in [2.75, 3.05) is 7.11 Å². The second-order valence-corrected chi connectivity index (χ2v) is 6.68. The Labute approximate surface area is 131 Å². The number of aryl methyl sites for hydroxylation is 1. The summed E-state index contributed by atoms with van der Waals surface area (Å²) in [5, 5.41) is 2.89. The van der Waals surface area contributed by atoms with Crippen molar-refractivity contribution in [2.45, 2.75) is 52.2 Å². The van der Waals surface area contributed by atoms with Gasteiger partial charge in [0.05, 0.1) is 12.7 Å². The van der Waals surface area contributed by atoms with Crippen molar-refractivity contribution in [3.05, 3.63) is 34.4 Å². The Morgan fingerprint density at radius 3 is 2.32 bits per heavy atom. The average molecular weight is 305 g/mol. The molecule has 0 aliphatic heterocycles. The molecule has 1 aromatic carbocycles. The van der Waals surface area contributed by atoms with Gasteiger partial charge in [-0.1, -0.05) is 6.07 Å². The van der Waals surface area contributed by atoms with Crippen molar-refractivity contribution in [3.63, 3.8) is 0 Å². The van der Waals surface area contributed by atoms with E-state index in [1.807, 2.05) is 39.8 Å². The molecule has 0 aromatic heterocycles. The van der Waals surface area contributed by atoms with Gasteiger partial charge in [-0.25, -0.2) is 9.59 Å². The maximum Gasteiger partial charge on any atom is 0.407 e. The number of hydrogen-bond donors (Lipinski definition) is 1. The van der Waals surface area contributed by atoms with Gasteiger partial charge < -0.3 is 14.8 Å². The van der Waals surface area contributed by atoms with Crippen molar-refractivity contribution in [1.82, 2.24) is 5.32 Å². The van der Waals surface area contributed by atoms with Crippen LogP contribution in [0, 0.1) is 6.92 Å². The molecule has 1 amide bonds. The van der Waals surface area contributed by atoms with E-state index >= 15 is 0 Å². The molecular formula is C17H23NO4. The fourth-order valence-electron chi connectivity index (χ4n) is 2.70. The van der Waals surface area contributed by atoms with Gasteiger partial charge >= 0.3 is 12.1 Å². The van der Waals surface area contributed by atoms with E-state index in [-0.39, 0.29) is 12.0 Å². The number of carbonyl (C=O) groups is 2. The number of hydrogen-bond acceptors (Lipinski definition) is 4. The second-order valence-electron chi connectivity index (χ2n) is 6.68. The summed E-state index contributed by atoms with van der Waals surface area (Å²) in [6.07, 6.45) is 1.03. The smallest absolute Gasteiger partial charge is 0.407 e. The van der Waals surface area contributed by atoms with Crippen LogP contribution in [0.5, 0.6) is 0 Å². The predicted molar refractivity (Wildman–Crippen MR) is 83.1 cm³/mol. The summed E-state index contributed by atoms with van der Waals surface area (Å²) in [6, 6.07) is 3.86. The molecule has 1 aliphatic carbocycles. The van der Waals surface area contributed by atoms with Crippen LogP contribution >= 0.6 is 0 Å². The van der Waals surface area contributed by atoms with Gasteiger partial charge in [-0.3, -0.25) is 0 Å². The van der Waals surface area contributed by atoms with Crippen LogP contribution in [0.4, 0.5) is 4.79 Å². The molecule has 1 atom stereocenters. The lowest BCUT2D eigenvalue weighted by Gasteiger charge is -2.21. The van der Waals surface area contributed by atoms with Crippen molar-refractivity contribution in [3.8, 4) is 0 Å². The molecule has 1 unspecified atom stereocenters. The van der Waals surface area contributed by atoms with E-state index in [9.17, 15) is 9.59 Å². The zero-order valence-corrected chi connectivity index (χ0v) is 13.8. The highest BCUT2D eigenvalue weighted by atomic mass is 16.6. The zero-order valence-electron chi connectivity index (χ0n) is 13.8. The number of carbonyl (C=O) groups excluding carboxylic acids is 2. The second kappa shape index (κ2) is 5.99. The van der Waals surface area contributed by atoms with Gasteiger partial charge in [-0.05, 0) is 63.3 Å². The van der Waals surface area contributed by atoms with Crippen LogP contribution in [-0.2, 0) is 22.3 Å².